The van der Waals surface area contributed by atoms with Crippen molar-refractivity contribution < 1.29 is 0 Å². The van der Waals surface area contributed by atoms with E-state index in [0.717, 1.165) is 5.56 Å². The molecule has 0 bridgehead atoms. The maximum absolute atomic E-state index is 5.73. The highest BCUT2D eigenvalue weighted by molar-refractivity contribution is 7.04. The molecular formula is C6H8ClNS. The molecule has 0 aliphatic heterocycles. The molecule has 1 nitrogen and oxygen atoms in total. The third-order valence-corrected chi connectivity index (χ3v) is 2.22. The highest BCUT2D eigenvalue weighted by Gasteiger charge is 2.05. The van der Waals surface area contributed by atoms with Crippen LogP contribution in [0, 0.1) is 0 Å². The van der Waals surface area contributed by atoms with E-state index in [4.69, 9.17) is 11.6 Å². The van der Waals surface area contributed by atoms with Crippen LogP contribution in [0.1, 0.15) is 25.3 Å². The molecule has 0 saturated heterocycles. The molecule has 0 radical (unpaired) electrons. The van der Waals surface area contributed by atoms with Gasteiger partial charge in [-0.3, -0.25) is 0 Å². The monoisotopic (exact) mass is 161 g/mol. The summed E-state index contributed by atoms with van der Waals surface area (Å²) >= 11 is 7.15. The zero-order chi connectivity index (χ0) is 6.85. The number of hydrogen-bond donors (Lipinski definition) is 0. The molecule has 0 unspecified atom stereocenters. The summed E-state index contributed by atoms with van der Waals surface area (Å²) in [6.07, 6.45) is 0. The summed E-state index contributed by atoms with van der Waals surface area (Å²) in [5, 5.41) is 2.66. The normalized spacial score (nSPS) is 10.7. The summed E-state index contributed by atoms with van der Waals surface area (Å²) in [4.78, 5) is 0. The van der Waals surface area contributed by atoms with Gasteiger partial charge in [0.25, 0.3) is 0 Å². The summed E-state index contributed by atoms with van der Waals surface area (Å²) in [7, 11) is 0. The van der Waals surface area contributed by atoms with Crippen LogP contribution >= 0.6 is 23.1 Å². The van der Waals surface area contributed by atoms with Gasteiger partial charge in [0.15, 0.2) is 0 Å². The van der Waals surface area contributed by atoms with Crippen LogP contribution in [0.5, 0.6) is 0 Å². The van der Waals surface area contributed by atoms with Crippen molar-refractivity contribution in [3.05, 3.63) is 16.1 Å². The van der Waals surface area contributed by atoms with E-state index in [1.54, 1.807) is 0 Å². The molecule has 1 aromatic heterocycles. The van der Waals surface area contributed by atoms with Gasteiger partial charge in [0.2, 0.25) is 0 Å². The lowest BCUT2D eigenvalue weighted by atomic mass is 10.1. The van der Waals surface area contributed by atoms with Crippen molar-refractivity contribution >= 4 is 23.1 Å². The van der Waals surface area contributed by atoms with Crippen LogP contribution in [0.4, 0.5) is 0 Å². The van der Waals surface area contributed by atoms with Gasteiger partial charge in [0.05, 0.1) is 0 Å². The smallest absolute Gasteiger partial charge is 0.146 e. The van der Waals surface area contributed by atoms with Gasteiger partial charge in [0.1, 0.15) is 5.15 Å². The Labute approximate surface area is 63.8 Å². The van der Waals surface area contributed by atoms with E-state index < -0.39 is 0 Å². The van der Waals surface area contributed by atoms with E-state index in [9.17, 15) is 0 Å². The van der Waals surface area contributed by atoms with Crippen molar-refractivity contribution in [2.75, 3.05) is 0 Å². The average molecular weight is 162 g/mol. The minimum absolute atomic E-state index is 0.497. The van der Waals surface area contributed by atoms with Crippen LogP contribution in [0.2, 0.25) is 5.15 Å². The van der Waals surface area contributed by atoms with Gasteiger partial charge in [0, 0.05) is 10.9 Å². The Morgan fingerprint density at radius 3 is 2.56 bits per heavy atom. The molecule has 50 valence electrons. The van der Waals surface area contributed by atoms with Crippen molar-refractivity contribution in [2.24, 2.45) is 0 Å². The first-order chi connectivity index (χ1) is 4.22. The fourth-order valence-corrected chi connectivity index (χ4v) is 1.81. The van der Waals surface area contributed by atoms with Gasteiger partial charge >= 0.3 is 0 Å². The van der Waals surface area contributed by atoms with Gasteiger partial charge in [-0.1, -0.05) is 25.4 Å². The highest BCUT2D eigenvalue weighted by atomic mass is 35.5. The number of rotatable bonds is 1. The topological polar surface area (TPSA) is 12.9 Å². The molecule has 9 heavy (non-hydrogen) atoms. The molecule has 0 amide bonds. The van der Waals surface area contributed by atoms with Crippen molar-refractivity contribution in [2.45, 2.75) is 19.8 Å². The SMILES string of the molecule is CC(C)c1csnc1Cl. The lowest BCUT2D eigenvalue weighted by Crippen LogP contribution is -1.82. The van der Waals surface area contributed by atoms with Crippen molar-refractivity contribution in [1.29, 1.82) is 0 Å². The quantitative estimate of drug-likeness (QED) is 0.617. The van der Waals surface area contributed by atoms with Gasteiger partial charge in [-0.05, 0) is 17.5 Å². The summed E-state index contributed by atoms with van der Waals surface area (Å²) in [6, 6.07) is 0. The van der Waals surface area contributed by atoms with E-state index in [1.807, 2.05) is 5.38 Å². The van der Waals surface area contributed by atoms with E-state index in [0.29, 0.717) is 11.1 Å². The van der Waals surface area contributed by atoms with Gasteiger partial charge in [-0.25, -0.2) is 0 Å². The second-order valence-electron chi connectivity index (χ2n) is 2.22. The van der Waals surface area contributed by atoms with Gasteiger partial charge in [-0.2, -0.15) is 4.37 Å². The Kier molecular flexibility index (Phi) is 2.09. The Balaban J connectivity index is 2.94. The Morgan fingerprint density at radius 1 is 1.67 bits per heavy atom. The van der Waals surface area contributed by atoms with Crippen LogP contribution in [-0.2, 0) is 0 Å². The van der Waals surface area contributed by atoms with E-state index in [-0.39, 0.29) is 0 Å². The fourth-order valence-electron chi connectivity index (χ4n) is 0.605. The molecule has 0 atom stereocenters. The maximum atomic E-state index is 5.73. The lowest BCUT2D eigenvalue weighted by molar-refractivity contribution is 0.869. The molecule has 1 rings (SSSR count). The number of aromatic nitrogens is 1. The number of nitrogens with zero attached hydrogens (tertiary/aromatic N) is 1. The lowest BCUT2D eigenvalue weighted by Gasteiger charge is -1.97. The van der Waals surface area contributed by atoms with Gasteiger partial charge in [-0.15, -0.1) is 0 Å². The largest absolute Gasteiger partial charge is 0.181 e. The molecule has 0 spiro atoms. The van der Waals surface area contributed by atoms with Crippen molar-refractivity contribution in [3.8, 4) is 0 Å². The average Bonchev–Trinajstić information content (AvgIpc) is 2.13. The van der Waals surface area contributed by atoms with Crippen LogP contribution in [0.3, 0.4) is 0 Å². The second-order valence-corrected chi connectivity index (χ2v) is 3.20. The number of hydrogen-bond acceptors (Lipinski definition) is 2. The summed E-state index contributed by atoms with van der Waals surface area (Å²) in [5.74, 6) is 0.497. The summed E-state index contributed by atoms with van der Waals surface area (Å²) in [6.45, 7) is 4.21. The molecule has 0 aliphatic rings. The standard InChI is InChI=1S/C6H8ClNS/c1-4(2)5-3-9-8-6(5)7/h3-4H,1-2H3. The van der Waals surface area contributed by atoms with E-state index in [2.05, 4.69) is 18.2 Å². The summed E-state index contributed by atoms with van der Waals surface area (Å²) < 4.78 is 3.94. The molecule has 0 N–H and O–H groups in total. The Morgan fingerprint density at radius 2 is 2.33 bits per heavy atom. The third kappa shape index (κ3) is 1.43. The van der Waals surface area contributed by atoms with Crippen LogP contribution in [-0.4, -0.2) is 4.37 Å². The molecule has 1 heterocycles. The zero-order valence-corrected chi connectivity index (χ0v) is 6.96. The molecule has 1 aromatic rings. The predicted molar refractivity (Wildman–Crippen MR) is 41.2 cm³/mol. The Hall–Kier alpha value is -0.0800. The van der Waals surface area contributed by atoms with Crippen LogP contribution in [0.15, 0.2) is 5.38 Å². The van der Waals surface area contributed by atoms with Crippen LogP contribution < -0.4 is 0 Å². The van der Waals surface area contributed by atoms with E-state index in [1.165, 1.54) is 11.5 Å². The molecule has 3 heteroatoms. The van der Waals surface area contributed by atoms with Gasteiger partial charge < -0.3 is 0 Å². The minimum atomic E-state index is 0.497. The molecular weight excluding hydrogens is 154 g/mol. The second kappa shape index (κ2) is 2.67. The highest BCUT2D eigenvalue weighted by Crippen LogP contribution is 2.23. The first kappa shape index (κ1) is 7.03. The molecule has 0 aliphatic carbocycles. The maximum Gasteiger partial charge on any atom is 0.146 e. The number of halogens is 1. The van der Waals surface area contributed by atoms with Crippen LogP contribution in [0.25, 0.3) is 0 Å². The fraction of sp³-hybridized carbons (Fsp3) is 0.500. The zero-order valence-electron chi connectivity index (χ0n) is 5.39. The van der Waals surface area contributed by atoms with Crippen molar-refractivity contribution in [1.82, 2.24) is 4.37 Å². The third-order valence-electron chi connectivity index (χ3n) is 1.17. The molecule has 0 aromatic carbocycles. The first-order valence-corrected chi connectivity index (χ1v) is 4.03. The van der Waals surface area contributed by atoms with E-state index >= 15 is 0 Å². The summed E-state index contributed by atoms with van der Waals surface area (Å²) in [5.41, 5.74) is 1.15. The van der Waals surface area contributed by atoms with Crippen molar-refractivity contribution in [3.63, 3.8) is 0 Å². The molecule has 0 fully saturated rings. The Bertz CT molecular complexity index is 195. The molecule has 0 saturated carbocycles. The first-order valence-electron chi connectivity index (χ1n) is 2.81. The minimum Gasteiger partial charge on any atom is -0.181 e. The predicted octanol–water partition coefficient (Wildman–Crippen LogP) is 2.92.